The van der Waals surface area contributed by atoms with Crippen LogP contribution < -0.4 is 9.46 Å². The summed E-state index contributed by atoms with van der Waals surface area (Å²) < 4.78 is 33.2. The van der Waals surface area contributed by atoms with Crippen LogP contribution in [0.4, 0.5) is 5.82 Å². The van der Waals surface area contributed by atoms with Crippen LogP contribution in [0.2, 0.25) is 0 Å². The number of ether oxygens (including phenoxy) is 1. The van der Waals surface area contributed by atoms with E-state index in [-0.39, 0.29) is 16.6 Å². The Kier molecular flexibility index (Phi) is 4.99. The van der Waals surface area contributed by atoms with E-state index in [9.17, 15) is 8.42 Å². The van der Waals surface area contributed by atoms with Crippen LogP contribution in [0.5, 0.6) is 5.88 Å². The van der Waals surface area contributed by atoms with Gasteiger partial charge in [-0.15, -0.1) is 0 Å². The molecule has 1 heterocycles. The summed E-state index contributed by atoms with van der Waals surface area (Å²) in [6, 6.07) is 6.63. The molecule has 0 bridgehead atoms. The lowest BCUT2D eigenvalue weighted by atomic mass is 10.1. The highest BCUT2D eigenvalue weighted by molar-refractivity contribution is 7.92. The number of anilines is 1. The summed E-state index contributed by atoms with van der Waals surface area (Å²) in [6.45, 7) is 2.44. The average Bonchev–Trinajstić information content (AvgIpc) is 3.07. The molecule has 0 aliphatic heterocycles. The Morgan fingerprint density at radius 2 is 1.79 bits per heavy atom. The van der Waals surface area contributed by atoms with Gasteiger partial charge in [0.1, 0.15) is 0 Å². The Bertz CT molecular complexity index is 785. The highest BCUT2D eigenvalue weighted by atomic mass is 32.2. The van der Waals surface area contributed by atoms with Gasteiger partial charge in [-0.05, 0) is 37.8 Å². The number of hydrogen-bond donors (Lipinski definition) is 1. The number of benzene rings is 1. The van der Waals surface area contributed by atoms with Crippen LogP contribution in [0.25, 0.3) is 0 Å². The van der Waals surface area contributed by atoms with Gasteiger partial charge in [-0.25, -0.2) is 18.4 Å². The fourth-order valence-electron chi connectivity index (χ4n) is 2.78. The standard InChI is InChI=1S/C17H21N3O3S/c1-13-6-8-15(9-7-13)24(21,22)20-16-17(19-11-10-18-16)23-12-14-4-2-3-5-14/h6-11,14H,2-5,12H2,1H3,(H,18,20). The van der Waals surface area contributed by atoms with Gasteiger partial charge < -0.3 is 4.74 Å². The van der Waals surface area contributed by atoms with Gasteiger partial charge in [0.2, 0.25) is 5.82 Å². The van der Waals surface area contributed by atoms with E-state index in [4.69, 9.17) is 4.74 Å². The highest BCUT2D eigenvalue weighted by Gasteiger charge is 2.20. The molecule has 0 saturated heterocycles. The molecule has 3 rings (SSSR count). The molecule has 6 nitrogen and oxygen atoms in total. The molecule has 24 heavy (non-hydrogen) atoms. The fourth-order valence-corrected chi connectivity index (χ4v) is 3.79. The summed E-state index contributed by atoms with van der Waals surface area (Å²) in [4.78, 5) is 8.38. The number of aryl methyl sites for hydroxylation is 1. The van der Waals surface area contributed by atoms with Gasteiger partial charge in [-0.1, -0.05) is 30.5 Å². The summed E-state index contributed by atoms with van der Waals surface area (Å²) in [5, 5.41) is 0. The van der Waals surface area contributed by atoms with E-state index in [1.807, 2.05) is 6.92 Å². The molecule has 0 amide bonds. The zero-order valence-corrected chi connectivity index (χ0v) is 14.4. The second-order valence-corrected chi connectivity index (χ2v) is 7.77. The van der Waals surface area contributed by atoms with Crippen LogP contribution in [0, 0.1) is 12.8 Å². The maximum absolute atomic E-state index is 12.5. The van der Waals surface area contributed by atoms with Gasteiger partial charge >= 0.3 is 0 Å². The molecule has 1 saturated carbocycles. The van der Waals surface area contributed by atoms with E-state index >= 15 is 0 Å². The molecular weight excluding hydrogens is 326 g/mol. The van der Waals surface area contributed by atoms with Crippen LogP contribution in [-0.2, 0) is 10.0 Å². The third-order valence-corrected chi connectivity index (χ3v) is 5.51. The first kappa shape index (κ1) is 16.7. The minimum absolute atomic E-state index is 0.121. The molecule has 0 radical (unpaired) electrons. The number of nitrogens with zero attached hydrogens (tertiary/aromatic N) is 2. The van der Waals surface area contributed by atoms with E-state index < -0.39 is 10.0 Å². The molecule has 1 aliphatic rings. The van der Waals surface area contributed by atoms with Crippen molar-refractivity contribution in [2.24, 2.45) is 5.92 Å². The normalized spacial score (nSPS) is 15.4. The van der Waals surface area contributed by atoms with Gasteiger partial charge in [0, 0.05) is 12.4 Å². The largest absolute Gasteiger partial charge is 0.475 e. The van der Waals surface area contributed by atoms with Crippen molar-refractivity contribution in [2.75, 3.05) is 11.3 Å². The van der Waals surface area contributed by atoms with Crippen LogP contribution >= 0.6 is 0 Å². The lowest BCUT2D eigenvalue weighted by Gasteiger charge is -2.14. The Hall–Kier alpha value is -2.15. The lowest BCUT2D eigenvalue weighted by molar-refractivity contribution is 0.244. The Labute approximate surface area is 142 Å². The molecular formula is C17H21N3O3S. The number of nitrogens with one attached hydrogen (secondary N) is 1. The third-order valence-electron chi connectivity index (χ3n) is 4.16. The van der Waals surface area contributed by atoms with Crippen molar-refractivity contribution in [2.45, 2.75) is 37.5 Å². The smallest absolute Gasteiger partial charge is 0.263 e. The molecule has 1 aromatic carbocycles. The second-order valence-electron chi connectivity index (χ2n) is 6.09. The van der Waals surface area contributed by atoms with Crippen LogP contribution in [0.3, 0.4) is 0 Å². The minimum atomic E-state index is -3.72. The van der Waals surface area contributed by atoms with Crippen LogP contribution in [-0.4, -0.2) is 25.0 Å². The Morgan fingerprint density at radius 1 is 1.12 bits per heavy atom. The SMILES string of the molecule is Cc1ccc(S(=O)(=O)Nc2nccnc2OCC2CCCC2)cc1. The molecule has 1 N–H and O–H groups in total. The molecule has 0 spiro atoms. The average molecular weight is 347 g/mol. The number of aromatic nitrogens is 2. The van der Waals surface area contributed by atoms with E-state index in [0.717, 1.165) is 18.4 Å². The molecule has 1 fully saturated rings. The summed E-state index contributed by atoms with van der Waals surface area (Å²) in [7, 11) is -3.72. The Balaban J connectivity index is 1.75. The second kappa shape index (κ2) is 7.17. The summed E-state index contributed by atoms with van der Waals surface area (Å²) >= 11 is 0. The summed E-state index contributed by atoms with van der Waals surface area (Å²) in [5.74, 6) is 0.852. The molecule has 0 atom stereocenters. The number of hydrogen-bond acceptors (Lipinski definition) is 5. The zero-order valence-electron chi connectivity index (χ0n) is 13.6. The molecule has 0 unspecified atom stereocenters. The van der Waals surface area contributed by atoms with Crippen molar-refractivity contribution in [3.63, 3.8) is 0 Å². The van der Waals surface area contributed by atoms with Gasteiger partial charge in [-0.3, -0.25) is 4.72 Å². The van der Waals surface area contributed by atoms with Crippen molar-refractivity contribution < 1.29 is 13.2 Å². The van der Waals surface area contributed by atoms with Crippen molar-refractivity contribution in [3.8, 4) is 5.88 Å². The Morgan fingerprint density at radius 3 is 2.50 bits per heavy atom. The maximum atomic E-state index is 12.5. The lowest BCUT2D eigenvalue weighted by Crippen LogP contribution is -2.16. The molecule has 7 heteroatoms. The van der Waals surface area contributed by atoms with E-state index in [1.165, 1.54) is 25.2 Å². The fraction of sp³-hybridized carbons (Fsp3) is 0.412. The summed E-state index contributed by atoms with van der Waals surface area (Å²) in [5.41, 5.74) is 0.994. The van der Waals surface area contributed by atoms with Crippen molar-refractivity contribution in [1.29, 1.82) is 0 Å². The number of sulfonamides is 1. The van der Waals surface area contributed by atoms with Crippen molar-refractivity contribution in [3.05, 3.63) is 42.2 Å². The first-order valence-electron chi connectivity index (χ1n) is 8.08. The van der Waals surface area contributed by atoms with Crippen LogP contribution in [0.15, 0.2) is 41.6 Å². The maximum Gasteiger partial charge on any atom is 0.263 e. The van der Waals surface area contributed by atoms with E-state index in [0.29, 0.717) is 12.5 Å². The predicted octanol–water partition coefficient (Wildman–Crippen LogP) is 3.15. The topological polar surface area (TPSA) is 81.2 Å². The van der Waals surface area contributed by atoms with E-state index in [2.05, 4.69) is 14.7 Å². The van der Waals surface area contributed by atoms with E-state index in [1.54, 1.807) is 24.3 Å². The molecule has 1 aliphatic carbocycles. The monoisotopic (exact) mass is 347 g/mol. The van der Waals surface area contributed by atoms with Crippen LogP contribution in [0.1, 0.15) is 31.2 Å². The van der Waals surface area contributed by atoms with Crippen molar-refractivity contribution >= 4 is 15.8 Å². The highest BCUT2D eigenvalue weighted by Crippen LogP contribution is 2.27. The van der Waals surface area contributed by atoms with Gasteiger partial charge in [0.15, 0.2) is 0 Å². The molecule has 1 aromatic heterocycles. The van der Waals surface area contributed by atoms with Gasteiger partial charge in [-0.2, -0.15) is 0 Å². The minimum Gasteiger partial charge on any atom is -0.475 e. The zero-order chi connectivity index (χ0) is 17.0. The third kappa shape index (κ3) is 4.03. The van der Waals surface area contributed by atoms with Gasteiger partial charge in [0.25, 0.3) is 15.9 Å². The number of rotatable bonds is 6. The quantitative estimate of drug-likeness (QED) is 0.868. The molecule has 2 aromatic rings. The van der Waals surface area contributed by atoms with Gasteiger partial charge in [0.05, 0.1) is 11.5 Å². The first-order valence-corrected chi connectivity index (χ1v) is 9.56. The first-order chi connectivity index (χ1) is 11.5. The predicted molar refractivity (Wildman–Crippen MR) is 91.5 cm³/mol. The molecule has 128 valence electrons. The van der Waals surface area contributed by atoms with Crippen molar-refractivity contribution in [1.82, 2.24) is 9.97 Å². The summed E-state index contributed by atoms with van der Waals surface area (Å²) in [6.07, 6.45) is 7.67.